The summed E-state index contributed by atoms with van der Waals surface area (Å²) in [6, 6.07) is 7.85. The van der Waals surface area contributed by atoms with Crippen molar-refractivity contribution in [2.45, 2.75) is 37.4 Å². The van der Waals surface area contributed by atoms with Crippen LogP contribution in [-0.2, 0) is 9.60 Å². The summed E-state index contributed by atoms with van der Waals surface area (Å²) in [5.41, 5.74) is 2.19. The van der Waals surface area contributed by atoms with Crippen LogP contribution in [0.5, 0.6) is 0 Å². The van der Waals surface area contributed by atoms with Crippen molar-refractivity contribution in [2.24, 2.45) is 0 Å². The van der Waals surface area contributed by atoms with Crippen LogP contribution in [0.4, 0.5) is 13.2 Å². The third-order valence-electron chi connectivity index (χ3n) is 2.51. The molecule has 0 saturated heterocycles. The minimum atomic E-state index is -4.59. The standard InChI is InChI=1S/C13H16BrF3OS/c1-12(2,3)10-6-4-9(5-7-10)11(14)8-19-18-13(15,16)17/h4-7,11H,8H2,1-3H3. The quantitative estimate of drug-likeness (QED) is 0.512. The zero-order valence-corrected chi connectivity index (χ0v) is 13.3. The van der Waals surface area contributed by atoms with Crippen molar-refractivity contribution in [1.29, 1.82) is 0 Å². The van der Waals surface area contributed by atoms with E-state index >= 15 is 0 Å². The Morgan fingerprint density at radius 1 is 1.16 bits per heavy atom. The smallest absolute Gasteiger partial charge is 0.220 e. The predicted molar refractivity (Wildman–Crippen MR) is 76.4 cm³/mol. The summed E-state index contributed by atoms with van der Waals surface area (Å²) >= 11 is 3.76. The van der Waals surface area contributed by atoms with E-state index in [2.05, 4.69) is 40.9 Å². The molecule has 0 fully saturated rings. The monoisotopic (exact) mass is 356 g/mol. The Morgan fingerprint density at radius 2 is 1.68 bits per heavy atom. The fourth-order valence-corrected chi connectivity index (χ4v) is 2.59. The Kier molecular flexibility index (Phi) is 5.77. The van der Waals surface area contributed by atoms with Gasteiger partial charge < -0.3 is 0 Å². The molecule has 1 aromatic rings. The average molecular weight is 357 g/mol. The summed E-state index contributed by atoms with van der Waals surface area (Å²) in [5.74, 6) is 0.189. The summed E-state index contributed by atoms with van der Waals surface area (Å²) in [6.45, 7) is 6.34. The van der Waals surface area contributed by atoms with Gasteiger partial charge in [-0.15, -0.1) is 13.2 Å². The molecule has 19 heavy (non-hydrogen) atoms. The molecule has 0 radical (unpaired) electrons. The molecule has 1 aromatic carbocycles. The van der Waals surface area contributed by atoms with Crippen molar-refractivity contribution >= 4 is 28.0 Å². The maximum Gasteiger partial charge on any atom is 0.533 e. The molecule has 1 nitrogen and oxygen atoms in total. The molecular formula is C13H16BrF3OS. The first-order valence-corrected chi connectivity index (χ1v) is 7.54. The number of benzene rings is 1. The topological polar surface area (TPSA) is 9.23 Å². The van der Waals surface area contributed by atoms with Crippen LogP contribution in [0, 0.1) is 0 Å². The summed E-state index contributed by atoms with van der Waals surface area (Å²) in [5, 5.41) is 0. The van der Waals surface area contributed by atoms with Crippen LogP contribution in [0.2, 0.25) is 0 Å². The highest BCUT2D eigenvalue weighted by Gasteiger charge is 2.30. The van der Waals surface area contributed by atoms with Crippen LogP contribution in [0.1, 0.15) is 36.7 Å². The summed E-state index contributed by atoms with van der Waals surface area (Å²) in [4.78, 5) is -0.172. The molecule has 1 rings (SSSR count). The highest BCUT2D eigenvalue weighted by molar-refractivity contribution is 9.09. The molecule has 0 amide bonds. The Morgan fingerprint density at radius 3 is 2.11 bits per heavy atom. The van der Waals surface area contributed by atoms with Gasteiger partial charge in [0.15, 0.2) is 0 Å². The minimum absolute atomic E-state index is 0.0640. The summed E-state index contributed by atoms with van der Waals surface area (Å²) < 4.78 is 39.2. The van der Waals surface area contributed by atoms with Crippen LogP contribution < -0.4 is 0 Å². The molecule has 0 aliphatic carbocycles. The molecule has 0 spiro atoms. The van der Waals surface area contributed by atoms with E-state index in [1.54, 1.807) is 0 Å². The fraction of sp³-hybridized carbons (Fsp3) is 0.538. The lowest BCUT2D eigenvalue weighted by molar-refractivity contribution is -0.266. The fourth-order valence-electron chi connectivity index (χ4n) is 1.45. The van der Waals surface area contributed by atoms with E-state index in [0.29, 0.717) is 12.0 Å². The third-order valence-corrected chi connectivity index (χ3v) is 4.56. The highest BCUT2D eigenvalue weighted by Crippen LogP contribution is 2.32. The van der Waals surface area contributed by atoms with Gasteiger partial charge in [0, 0.05) is 17.8 Å². The Balaban J connectivity index is 2.56. The molecule has 0 aromatic heterocycles. The average Bonchev–Trinajstić information content (AvgIpc) is 2.26. The second kappa shape index (κ2) is 6.50. The lowest BCUT2D eigenvalue weighted by Gasteiger charge is -2.20. The highest BCUT2D eigenvalue weighted by atomic mass is 79.9. The normalized spacial score (nSPS) is 14.5. The third kappa shape index (κ3) is 6.19. The molecule has 1 unspecified atom stereocenters. The van der Waals surface area contributed by atoms with Gasteiger partial charge in [-0.05, 0) is 16.5 Å². The van der Waals surface area contributed by atoms with Crippen molar-refractivity contribution in [3.63, 3.8) is 0 Å². The number of alkyl halides is 4. The van der Waals surface area contributed by atoms with E-state index in [1.807, 2.05) is 24.3 Å². The van der Waals surface area contributed by atoms with Crippen molar-refractivity contribution < 1.29 is 17.4 Å². The lowest BCUT2D eigenvalue weighted by atomic mass is 9.86. The Labute approximate surface area is 124 Å². The van der Waals surface area contributed by atoms with Crippen molar-refractivity contribution in [3.8, 4) is 0 Å². The Bertz CT molecular complexity index is 398. The van der Waals surface area contributed by atoms with E-state index in [9.17, 15) is 13.2 Å². The van der Waals surface area contributed by atoms with Crippen LogP contribution in [0.15, 0.2) is 24.3 Å². The van der Waals surface area contributed by atoms with E-state index < -0.39 is 6.36 Å². The Hall–Kier alpha value is -0.200. The molecular weight excluding hydrogens is 341 g/mol. The number of rotatable bonds is 4. The van der Waals surface area contributed by atoms with Gasteiger partial charge in [0.05, 0.1) is 4.83 Å². The van der Waals surface area contributed by atoms with E-state index in [4.69, 9.17) is 0 Å². The molecule has 0 aliphatic heterocycles. The van der Waals surface area contributed by atoms with Gasteiger partial charge in [-0.3, -0.25) is 0 Å². The molecule has 1 atom stereocenters. The van der Waals surface area contributed by atoms with Crippen molar-refractivity contribution in [3.05, 3.63) is 35.4 Å². The maximum absolute atomic E-state index is 11.8. The molecule has 0 saturated carbocycles. The second-order valence-corrected chi connectivity index (χ2v) is 6.99. The SMILES string of the molecule is CC(C)(C)c1ccc(C(Br)CSOC(F)(F)F)cc1. The van der Waals surface area contributed by atoms with Crippen LogP contribution in [0.3, 0.4) is 0 Å². The van der Waals surface area contributed by atoms with Gasteiger partial charge in [0.25, 0.3) is 0 Å². The van der Waals surface area contributed by atoms with Crippen molar-refractivity contribution in [1.82, 2.24) is 0 Å². The molecule has 0 aliphatic rings. The van der Waals surface area contributed by atoms with Gasteiger partial charge >= 0.3 is 6.36 Å². The van der Waals surface area contributed by atoms with Crippen LogP contribution >= 0.6 is 28.0 Å². The van der Waals surface area contributed by atoms with Crippen LogP contribution in [0.25, 0.3) is 0 Å². The van der Waals surface area contributed by atoms with Gasteiger partial charge in [-0.1, -0.05) is 61.0 Å². The zero-order chi connectivity index (χ0) is 14.7. The van der Waals surface area contributed by atoms with Crippen LogP contribution in [-0.4, -0.2) is 12.1 Å². The van der Waals surface area contributed by atoms with E-state index in [-0.39, 0.29) is 16.0 Å². The molecule has 6 heteroatoms. The largest absolute Gasteiger partial charge is 0.533 e. The summed E-state index contributed by atoms with van der Waals surface area (Å²) in [7, 11) is 0. The minimum Gasteiger partial charge on any atom is -0.220 e. The van der Waals surface area contributed by atoms with E-state index in [0.717, 1.165) is 5.56 Å². The molecule has 108 valence electrons. The molecule has 0 bridgehead atoms. The number of hydrogen-bond acceptors (Lipinski definition) is 2. The number of halogens is 4. The zero-order valence-electron chi connectivity index (χ0n) is 10.9. The van der Waals surface area contributed by atoms with Gasteiger partial charge in [-0.25, -0.2) is 4.18 Å². The molecule has 0 heterocycles. The first-order chi connectivity index (χ1) is 8.59. The first kappa shape index (κ1) is 16.9. The number of hydrogen-bond donors (Lipinski definition) is 0. The van der Waals surface area contributed by atoms with Gasteiger partial charge in [0.1, 0.15) is 0 Å². The summed E-state index contributed by atoms with van der Waals surface area (Å²) in [6.07, 6.45) is -4.59. The van der Waals surface area contributed by atoms with Gasteiger partial charge in [-0.2, -0.15) is 0 Å². The molecule has 0 N–H and O–H groups in total. The maximum atomic E-state index is 11.8. The van der Waals surface area contributed by atoms with E-state index in [1.165, 1.54) is 5.56 Å². The predicted octanol–water partition coefficient (Wildman–Crippen LogP) is 5.60. The van der Waals surface area contributed by atoms with Gasteiger partial charge in [0.2, 0.25) is 0 Å². The lowest BCUT2D eigenvalue weighted by Crippen LogP contribution is -2.11. The second-order valence-electron chi connectivity index (χ2n) is 5.15. The van der Waals surface area contributed by atoms with Crippen molar-refractivity contribution in [2.75, 3.05) is 5.75 Å². The first-order valence-electron chi connectivity index (χ1n) is 5.71.